The molecule has 1 heterocycles. The molecule has 17 heavy (non-hydrogen) atoms. The van der Waals surface area contributed by atoms with E-state index in [4.69, 9.17) is 4.74 Å². The number of nitrogens with zero attached hydrogens (tertiary/aromatic N) is 1. The minimum Gasteiger partial charge on any atom is -0.444 e. The van der Waals surface area contributed by atoms with Gasteiger partial charge in [-0.2, -0.15) is 0 Å². The standard InChI is InChI=1S/C13H21NO3/c1-12(2,3)17-11(16)14-7-5-4-6-13(14)8-10(15)9-13/h4-9H2,1-3H3. The maximum absolute atomic E-state index is 12.1. The van der Waals surface area contributed by atoms with E-state index in [1.54, 1.807) is 4.90 Å². The van der Waals surface area contributed by atoms with Crippen molar-refractivity contribution < 1.29 is 14.3 Å². The molecule has 1 aliphatic carbocycles. The van der Waals surface area contributed by atoms with E-state index in [1.165, 1.54) is 0 Å². The maximum Gasteiger partial charge on any atom is 0.410 e. The molecule has 2 fully saturated rings. The van der Waals surface area contributed by atoms with Crippen LogP contribution in [0.2, 0.25) is 0 Å². The third kappa shape index (κ3) is 2.45. The van der Waals surface area contributed by atoms with Crippen molar-refractivity contribution in [2.45, 2.75) is 64.0 Å². The van der Waals surface area contributed by atoms with Gasteiger partial charge in [-0.15, -0.1) is 0 Å². The van der Waals surface area contributed by atoms with Crippen molar-refractivity contribution in [3.05, 3.63) is 0 Å². The molecule has 0 aromatic rings. The fourth-order valence-electron chi connectivity index (χ4n) is 2.75. The zero-order chi connectivity index (χ0) is 12.7. The molecule has 0 bridgehead atoms. The summed E-state index contributed by atoms with van der Waals surface area (Å²) in [5, 5.41) is 0. The first kappa shape index (κ1) is 12.4. The number of carbonyl (C=O) groups excluding carboxylic acids is 2. The van der Waals surface area contributed by atoms with Gasteiger partial charge in [0.1, 0.15) is 11.4 Å². The zero-order valence-corrected chi connectivity index (χ0v) is 10.9. The lowest BCUT2D eigenvalue weighted by atomic mass is 9.69. The Balaban J connectivity index is 2.07. The van der Waals surface area contributed by atoms with Gasteiger partial charge in [-0.25, -0.2) is 4.79 Å². The van der Waals surface area contributed by atoms with Gasteiger partial charge in [0.25, 0.3) is 0 Å². The highest BCUT2D eigenvalue weighted by atomic mass is 16.6. The molecule has 1 spiro atoms. The topological polar surface area (TPSA) is 46.6 Å². The number of ketones is 1. The van der Waals surface area contributed by atoms with Gasteiger partial charge in [-0.3, -0.25) is 4.79 Å². The van der Waals surface area contributed by atoms with Crippen molar-refractivity contribution in [2.24, 2.45) is 0 Å². The number of hydrogen-bond acceptors (Lipinski definition) is 3. The van der Waals surface area contributed by atoms with Crippen LogP contribution in [0.4, 0.5) is 4.79 Å². The highest BCUT2D eigenvalue weighted by Crippen LogP contribution is 2.42. The van der Waals surface area contributed by atoms with E-state index >= 15 is 0 Å². The second-order valence-electron chi connectivity index (χ2n) is 6.21. The summed E-state index contributed by atoms with van der Waals surface area (Å²) in [5.74, 6) is 0.264. The Kier molecular flexibility index (Phi) is 2.92. The normalized spacial score (nSPS) is 23.5. The second kappa shape index (κ2) is 4.00. The summed E-state index contributed by atoms with van der Waals surface area (Å²) in [6.07, 6.45) is 3.84. The van der Waals surface area contributed by atoms with Gasteiger partial charge in [-0.05, 0) is 40.0 Å². The molecule has 4 nitrogen and oxygen atoms in total. The summed E-state index contributed by atoms with van der Waals surface area (Å²) >= 11 is 0. The van der Waals surface area contributed by atoms with Crippen LogP contribution in [-0.4, -0.2) is 34.5 Å². The molecular weight excluding hydrogens is 218 g/mol. The minimum atomic E-state index is -0.469. The van der Waals surface area contributed by atoms with Crippen molar-refractivity contribution >= 4 is 11.9 Å². The summed E-state index contributed by atoms with van der Waals surface area (Å²) in [4.78, 5) is 25.2. The molecule has 0 radical (unpaired) electrons. The van der Waals surface area contributed by atoms with Crippen LogP contribution in [0.25, 0.3) is 0 Å². The third-order valence-corrected chi connectivity index (χ3v) is 3.51. The van der Waals surface area contributed by atoms with E-state index in [0.29, 0.717) is 12.8 Å². The lowest BCUT2D eigenvalue weighted by Gasteiger charge is -2.51. The highest BCUT2D eigenvalue weighted by molar-refractivity contribution is 5.89. The van der Waals surface area contributed by atoms with Gasteiger partial charge < -0.3 is 9.64 Å². The van der Waals surface area contributed by atoms with E-state index < -0.39 is 5.60 Å². The molecule has 1 amide bonds. The van der Waals surface area contributed by atoms with Crippen molar-refractivity contribution in [3.63, 3.8) is 0 Å². The number of rotatable bonds is 0. The lowest BCUT2D eigenvalue weighted by Crippen LogP contribution is -2.62. The van der Waals surface area contributed by atoms with E-state index in [9.17, 15) is 9.59 Å². The summed E-state index contributed by atoms with van der Waals surface area (Å²) in [5.41, 5.74) is -0.679. The molecule has 2 aliphatic rings. The number of likely N-dealkylation sites (tertiary alicyclic amines) is 1. The molecular formula is C13H21NO3. The molecule has 1 aliphatic heterocycles. The maximum atomic E-state index is 12.1. The van der Waals surface area contributed by atoms with Gasteiger partial charge in [0.2, 0.25) is 0 Å². The van der Waals surface area contributed by atoms with Crippen LogP contribution < -0.4 is 0 Å². The quantitative estimate of drug-likeness (QED) is 0.652. The average Bonchev–Trinajstić information content (AvgIpc) is 2.13. The van der Waals surface area contributed by atoms with Gasteiger partial charge in [0, 0.05) is 19.4 Å². The van der Waals surface area contributed by atoms with Crippen LogP contribution in [0.3, 0.4) is 0 Å². The summed E-state index contributed by atoms with van der Waals surface area (Å²) in [6.45, 7) is 6.33. The Morgan fingerprint density at radius 3 is 2.47 bits per heavy atom. The Morgan fingerprint density at radius 1 is 1.29 bits per heavy atom. The molecule has 96 valence electrons. The molecule has 1 saturated carbocycles. The van der Waals surface area contributed by atoms with E-state index in [2.05, 4.69) is 0 Å². The molecule has 4 heteroatoms. The van der Waals surface area contributed by atoms with E-state index in [-0.39, 0.29) is 17.4 Å². The monoisotopic (exact) mass is 239 g/mol. The molecule has 1 saturated heterocycles. The van der Waals surface area contributed by atoms with Crippen molar-refractivity contribution in [1.29, 1.82) is 0 Å². The summed E-state index contributed by atoms with van der Waals surface area (Å²) in [6, 6.07) is 0. The van der Waals surface area contributed by atoms with Crippen LogP contribution in [-0.2, 0) is 9.53 Å². The SMILES string of the molecule is CC(C)(C)OC(=O)N1CCCCC12CC(=O)C2. The first-order valence-electron chi connectivity index (χ1n) is 6.35. The Morgan fingerprint density at radius 2 is 1.94 bits per heavy atom. The van der Waals surface area contributed by atoms with Crippen LogP contribution in [0.1, 0.15) is 52.9 Å². The number of carbonyl (C=O) groups is 2. The first-order valence-corrected chi connectivity index (χ1v) is 6.35. The summed E-state index contributed by atoms with van der Waals surface area (Å²) < 4.78 is 5.42. The zero-order valence-electron chi connectivity index (χ0n) is 10.9. The van der Waals surface area contributed by atoms with Crippen LogP contribution in [0.15, 0.2) is 0 Å². The highest BCUT2D eigenvalue weighted by Gasteiger charge is 2.51. The van der Waals surface area contributed by atoms with Gasteiger partial charge in [0.15, 0.2) is 0 Å². The molecule has 2 rings (SSSR count). The number of hydrogen-bond donors (Lipinski definition) is 0. The van der Waals surface area contributed by atoms with Crippen LogP contribution >= 0.6 is 0 Å². The van der Waals surface area contributed by atoms with Crippen molar-refractivity contribution in [2.75, 3.05) is 6.54 Å². The Bertz CT molecular complexity index is 335. The number of ether oxygens (including phenoxy) is 1. The largest absolute Gasteiger partial charge is 0.444 e. The van der Waals surface area contributed by atoms with Gasteiger partial charge >= 0.3 is 6.09 Å². The average molecular weight is 239 g/mol. The third-order valence-electron chi connectivity index (χ3n) is 3.51. The molecule has 0 unspecified atom stereocenters. The van der Waals surface area contributed by atoms with Crippen molar-refractivity contribution in [3.8, 4) is 0 Å². The number of piperidine rings is 1. The Labute approximate surface area is 102 Å². The van der Waals surface area contributed by atoms with Gasteiger partial charge in [0.05, 0.1) is 5.54 Å². The fourth-order valence-corrected chi connectivity index (χ4v) is 2.75. The molecule has 0 aromatic carbocycles. The van der Waals surface area contributed by atoms with Crippen LogP contribution in [0.5, 0.6) is 0 Å². The first-order chi connectivity index (χ1) is 7.82. The Hall–Kier alpha value is -1.06. The van der Waals surface area contributed by atoms with Gasteiger partial charge in [-0.1, -0.05) is 0 Å². The second-order valence-corrected chi connectivity index (χ2v) is 6.21. The number of Topliss-reactive ketones (excluding diaryl/α,β-unsaturated/α-hetero) is 1. The predicted octanol–water partition coefficient (Wildman–Crippen LogP) is 2.51. The van der Waals surface area contributed by atoms with E-state index in [1.807, 2.05) is 20.8 Å². The fraction of sp³-hybridized carbons (Fsp3) is 0.846. The molecule has 0 atom stereocenters. The lowest BCUT2D eigenvalue weighted by molar-refractivity contribution is -0.137. The van der Waals surface area contributed by atoms with E-state index in [0.717, 1.165) is 25.8 Å². The minimum absolute atomic E-state index is 0.211. The summed E-state index contributed by atoms with van der Waals surface area (Å²) in [7, 11) is 0. The number of amides is 1. The predicted molar refractivity (Wildman–Crippen MR) is 63.8 cm³/mol. The molecule has 0 N–H and O–H groups in total. The van der Waals surface area contributed by atoms with Crippen molar-refractivity contribution in [1.82, 2.24) is 4.90 Å². The molecule has 0 aromatic heterocycles. The smallest absolute Gasteiger partial charge is 0.410 e. The van der Waals surface area contributed by atoms with Crippen LogP contribution in [0, 0.1) is 0 Å².